The Hall–Kier alpha value is -4.22. The number of rotatable bonds is 5. The molecule has 2 aromatic carbocycles. The van der Waals surface area contributed by atoms with Crippen molar-refractivity contribution < 1.29 is 36.7 Å². The summed E-state index contributed by atoms with van der Waals surface area (Å²) in [6.45, 7) is 1.36. The number of anilines is 1. The van der Waals surface area contributed by atoms with E-state index in [-0.39, 0.29) is 30.0 Å². The van der Waals surface area contributed by atoms with E-state index in [1.165, 1.54) is 49.6 Å². The summed E-state index contributed by atoms with van der Waals surface area (Å²) in [5.74, 6) is -3.77. The van der Waals surface area contributed by atoms with Crippen molar-refractivity contribution in [2.45, 2.75) is 25.7 Å². The van der Waals surface area contributed by atoms with Gasteiger partial charge in [-0.15, -0.1) is 0 Å². The second-order valence-corrected chi connectivity index (χ2v) is 8.01. The molecule has 188 valence electrons. The third-order valence-electron chi connectivity index (χ3n) is 5.74. The van der Waals surface area contributed by atoms with Crippen molar-refractivity contribution in [3.8, 4) is 0 Å². The smallest absolute Gasteiger partial charge is 0.436 e. The zero-order valence-electron chi connectivity index (χ0n) is 19.1. The van der Waals surface area contributed by atoms with Crippen LogP contribution in [0.1, 0.15) is 55.3 Å². The molecule has 0 spiro atoms. The molecular formula is C24H20F4N4O4. The van der Waals surface area contributed by atoms with Gasteiger partial charge in [-0.2, -0.15) is 18.3 Å². The number of amides is 2. The Morgan fingerprint density at radius 2 is 1.72 bits per heavy atom. The summed E-state index contributed by atoms with van der Waals surface area (Å²) < 4.78 is 61.3. The topological polar surface area (TPSA) is 93.5 Å². The summed E-state index contributed by atoms with van der Waals surface area (Å²) in [6, 6.07) is 10.3. The molecule has 2 heterocycles. The van der Waals surface area contributed by atoms with E-state index in [0.29, 0.717) is 5.56 Å². The second-order valence-electron chi connectivity index (χ2n) is 8.01. The van der Waals surface area contributed by atoms with E-state index in [2.05, 4.69) is 15.2 Å². The first kappa shape index (κ1) is 24.9. The molecule has 0 bridgehead atoms. The lowest BCUT2D eigenvalue weighted by Gasteiger charge is -2.20. The number of alkyl halides is 3. The van der Waals surface area contributed by atoms with Gasteiger partial charge in [-0.1, -0.05) is 24.3 Å². The molecule has 0 aliphatic carbocycles. The molecule has 1 atom stereocenters. The van der Waals surface area contributed by atoms with E-state index in [0.717, 1.165) is 15.6 Å². The van der Waals surface area contributed by atoms with Crippen LogP contribution in [0.15, 0.2) is 48.5 Å². The molecule has 4 rings (SSSR count). The Morgan fingerprint density at radius 3 is 2.33 bits per heavy atom. The van der Waals surface area contributed by atoms with Crippen molar-refractivity contribution in [1.29, 1.82) is 0 Å². The van der Waals surface area contributed by atoms with Gasteiger partial charge in [0, 0.05) is 6.54 Å². The molecular weight excluding hydrogens is 484 g/mol. The highest BCUT2D eigenvalue weighted by molar-refractivity contribution is 6.11. The van der Waals surface area contributed by atoms with E-state index < -0.39 is 47.1 Å². The van der Waals surface area contributed by atoms with Crippen molar-refractivity contribution in [3.63, 3.8) is 0 Å². The van der Waals surface area contributed by atoms with Crippen molar-refractivity contribution in [2.24, 2.45) is 0 Å². The van der Waals surface area contributed by atoms with Gasteiger partial charge in [0.15, 0.2) is 5.69 Å². The number of hydrogen-bond donors (Lipinski definition) is 1. The summed E-state index contributed by atoms with van der Waals surface area (Å²) in [6.07, 6.45) is -4.98. The van der Waals surface area contributed by atoms with Crippen LogP contribution in [0.25, 0.3) is 0 Å². The van der Waals surface area contributed by atoms with Crippen LogP contribution in [0.3, 0.4) is 0 Å². The predicted octanol–water partition coefficient (Wildman–Crippen LogP) is 3.98. The van der Waals surface area contributed by atoms with Crippen LogP contribution in [0.5, 0.6) is 0 Å². The quantitative estimate of drug-likeness (QED) is 0.419. The molecule has 0 saturated carbocycles. The number of nitrogens with zero attached hydrogens (tertiary/aromatic N) is 3. The average Bonchev–Trinajstić information content (AvgIpc) is 3.43. The zero-order valence-corrected chi connectivity index (χ0v) is 19.1. The molecule has 1 unspecified atom stereocenters. The van der Waals surface area contributed by atoms with Crippen molar-refractivity contribution in [1.82, 2.24) is 15.1 Å². The highest BCUT2D eigenvalue weighted by atomic mass is 19.4. The van der Waals surface area contributed by atoms with Gasteiger partial charge in [0.1, 0.15) is 17.2 Å². The molecule has 1 N–H and O–H groups in total. The van der Waals surface area contributed by atoms with Gasteiger partial charge in [0.2, 0.25) is 0 Å². The summed E-state index contributed by atoms with van der Waals surface area (Å²) >= 11 is 0. The van der Waals surface area contributed by atoms with Gasteiger partial charge in [0.05, 0.1) is 30.8 Å². The summed E-state index contributed by atoms with van der Waals surface area (Å²) in [5.41, 5.74) is -1.85. The largest absolute Gasteiger partial charge is 0.465 e. The van der Waals surface area contributed by atoms with Crippen LogP contribution >= 0.6 is 0 Å². The minimum Gasteiger partial charge on any atom is -0.465 e. The fraction of sp³-hybridized carbons (Fsp3) is 0.250. The number of fused-ring (bicyclic) bond motifs is 1. The maximum atomic E-state index is 14.2. The van der Waals surface area contributed by atoms with Crippen LogP contribution in [-0.2, 0) is 17.5 Å². The summed E-state index contributed by atoms with van der Waals surface area (Å²) in [4.78, 5) is 38.7. The standard InChI is InChI=1S/C24H20F4N4O4/c1-13(14-7-9-15(10-8-14)23(35)36-2)29-20(33)18-19(24(26,27)28)30-32-12-11-31(21(18)32)22(34)16-5-3-4-6-17(16)25/h3-10,13H,11-12H2,1-2H3,(H,29,33). The van der Waals surface area contributed by atoms with E-state index in [1.54, 1.807) is 6.92 Å². The Labute approximate surface area is 202 Å². The Balaban J connectivity index is 1.68. The van der Waals surface area contributed by atoms with Gasteiger partial charge >= 0.3 is 12.1 Å². The van der Waals surface area contributed by atoms with E-state index in [1.807, 2.05) is 0 Å². The number of carbonyl (C=O) groups excluding carboxylic acids is 3. The van der Waals surface area contributed by atoms with Crippen LogP contribution in [0.2, 0.25) is 0 Å². The van der Waals surface area contributed by atoms with Crippen LogP contribution < -0.4 is 10.2 Å². The second kappa shape index (κ2) is 9.44. The molecule has 2 amide bonds. The first-order chi connectivity index (χ1) is 17.0. The monoisotopic (exact) mass is 504 g/mol. The Morgan fingerprint density at radius 1 is 1.06 bits per heavy atom. The number of carbonyl (C=O) groups is 3. The lowest BCUT2D eigenvalue weighted by Crippen LogP contribution is -2.34. The van der Waals surface area contributed by atoms with Crippen molar-refractivity contribution in [2.75, 3.05) is 18.6 Å². The maximum Gasteiger partial charge on any atom is 0.436 e. The first-order valence-corrected chi connectivity index (χ1v) is 10.8. The number of halogens is 4. The van der Waals surface area contributed by atoms with Crippen LogP contribution in [0, 0.1) is 5.82 Å². The number of nitrogens with one attached hydrogen (secondary N) is 1. The molecule has 1 aliphatic rings. The number of esters is 1. The molecule has 36 heavy (non-hydrogen) atoms. The van der Waals surface area contributed by atoms with Gasteiger partial charge in [-0.3, -0.25) is 14.5 Å². The van der Waals surface area contributed by atoms with E-state index >= 15 is 0 Å². The van der Waals surface area contributed by atoms with Gasteiger partial charge < -0.3 is 10.1 Å². The zero-order chi connectivity index (χ0) is 26.2. The number of aromatic nitrogens is 2. The molecule has 3 aromatic rings. The lowest BCUT2D eigenvalue weighted by atomic mass is 10.1. The summed E-state index contributed by atoms with van der Waals surface area (Å²) in [7, 11) is 1.22. The van der Waals surface area contributed by atoms with Crippen LogP contribution in [0.4, 0.5) is 23.4 Å². The molecule has 0 radical (unpaired) electrons. The van der Waals surface area contributed by atoms with E-state index in [4.69, 9.17) is 0 Å². The minimum atomic E-state index is -4.98. The maximum absolute atomic E-state index is 14.2. The lowest BCUT2D eigenvalue weighted by molar-refractivity contribution is -0.141. The van der Waals surface area contributed by atoms with Gasteiger partial charge in [-0.25, -0.2) is 13.9 Å². The number of benzene rings is 2. The highest BCUT2D eigenvalue weighted by Gasteiger charge is 2.45. The van der Waals surface area contributed by atoms with Gasteiger partial charge in [0.25, 0.3) is 11.8 Å². The Kier molecular flexibility index (Phi) is 6.53. The SMILES string of the molecule is COC(=O)c1ccc(C(C)NC(=O)c2c(C(F)(F)F)nn3c2N(C(=O)c2ccccc2F)CC3)cc1. The normalized spacial score (nSPS) is 13.8. The molecule has 8 nitrogen and oxygen atoms in total. The minimum absolute atomic E-state index is 0.0849. The predicted molar refractivity (Wildman–Crippen MR) is 119 cm³/mol. The Bertz CT molecular complexity index is 1330. The molecule has 0 saturated heterocycles. The number of ether oxygens (including phenoxy) is 1. The first-order valence-electron chi connectivity index (χ1n) is 10.8. The molecule has 1 aliphatic heterocycles. The molecule has 0 fully saturated rings. The molecule has 12 heteroatoms. The van der Waals surface area contributed by atoms with Crippen LogP contribution in [-0.4, -0.2) is 41.2 Å². The van der Waals surface area contributed by atoms with Crippen molar-refractivity contribution in [3.05, 3.63) is 82.3 Å². The number of methoxy groups -OCH3 is 1. The van der Waals surface area contributed by atoms with Gasteiger partial charge in [-0.05, 0) is 36.8 Å². The number of hydrogen-bond acceptors (Lipinski definition) is 5. The fourth-order valence-electron chi connectivity index (χ4n) is 3.95. The highest BCUT2D eigenvalue weighted by Crippen LogP contribution is 2.39. The fourth-order valence-corrected chi connectivity index (χ4v) is 3.95. The summed E-state index contributed by atoms with van der Waals surface area (Å²) in [5, 5.41) is 6.04. The molecule has 1 aromatic heterocycles. The average molecular weight is 504 g/mol. The third-order valence-corrected chi connectivity index (χ3v) is 5.74. The third kappa shape index (κ3) is 4.53. The van der Waals surface area contributed by atoms with Crippen molar-refractivity contribution >= 4 is 23.6 Å². The van der Waals surface area contributed by atoms with E-state index in [9.17, 15) is 31.9 Å².